The molecular formula is C9H13F5N2O. The molecule has 0 saturated carbocycles. The van der Waals surface area contributed by atoms with Gasteiger partial charge in [-0.05, 0) is 6.54 Å². The van der Waals surface area contributed by atoms with Gasteiger partial charge >= 0.3 is 18.0 Å². The maximum atomic E-state index is 12.8. The van der Waals surface area contributed by atoms with Crippen molar-refractivity contribution in [3.05, 3.63) is 0 Å². The van der Waals surface area contributed by atoms with Gasteiger partial charge in [0.1, 0.15) is 0 Å². The predicted octanol–water partition coefficient (Wildman–Crippen LogP) is 1.35. The highest BCUT2D eigenvalue weighted by Gasteiger charge is 2.64. The quantitative estimate of drug-likeness (QED) is 0.700. The summed E-state index contributed by atoms with van der Waals surface area (Å²) in [7, 11) is 0. The number of amides is 1. The highest BCUT2D eigenvalue weighted by molar-refractivity contribution is 5.84. The highest BCUT2D eigenvalue weighted by atomic mass is 19.4. The molecule has 0 N–H and O–H groups in total. The molecule has 0 bridgehead atoms. The number of nitrogens with zero attached hydrogens (tertiary/aromatic N) is 2. The highest BCUT2D eigenvalue weighted by Crippen LogP contribution is 2.37. The van der Waals surface area contributed by atoms with Crippen molar-refractivity contribution in [3.8, 4) is 0 Å². The zero-order valence-corrected chi connectivity index (χ0v) is 9.23. The van der Waals surface area contributed by atoms with Crippen molar-refractivity contribution in [1.29, 1.82) is 0 Å². The van der Waals surface area contributed by atoms with E-state index in [-0.39, 0.29) is 13.1 Å². The molecule has 1 amide bonds. The molecule has 1 aliphatic heterocycles. The number of hydrogen-bond acceptors (Lipinski definition) is 2. The number of likely N-dealkylation sites (N-methyl/N-ethyl adjacent to an activating group) is 1. The van der Waals surface area contributed by atoms with Crippen molar-refractivity contribution < 1.29 is 26.7 Å². The van der Waals surface area contributed by atoms with Gasteiger partial charge in [0.25, 0.3) is 0 Å². The van der Waals surface area contributed by atoms with E-state index >= 15 is 0 Å². The minimum absolute atomic E-state index is 0.0989. The van der Waals surface area contributed by atoms with Crippen molar-refractivity contribution >= 4 is 5.91 Å². The first kappa shape index (κ1) is 14.1. The van der Waals surface area contributed by atoms with Crippen LogP contribution < -0.4 is 0 Å². The lowest BCUT2D eigenvalue weighted by molar-refractivity contribution is -0.274. The molecule has 0 unspecified atom stereocenters. The zero-order valence-electron chi connectivity index (χ0n) is 9.23. The fraction of sp³-hybridized carbons (Fsp3) is 0.889. The van der Waals surface area contributed by atoms with Crippen LogP contribution in [0.2, 0.25) is 0 Å². The summed E-state index contributed by atoms with van der Waals surface area (Å²) < 4.78 is 61.4. The summed E-state index contributed by atoms with van der Waals surface area (Å²) >= 11 is 0. The smallest absolute Gasteiger partial charge is 0.335 e. The summed E-state index contributed by atoms with van der Waals surface area (Å²) in [6.07, 6.45) is -5.83. The Balaban J connectivity index is 2.66. The first-order valence-corrected chi connectivity index (χ1v) is 5.16. The van der Waals surface area contributed by atoms with E-state index in [4.69, 9.17) is 0 Å². The minimum Gasteiger partial charge on any atom is -0.335 e. The Morgan fingerprint density at radius 2 is 1.53 bits per heavy atom. The van der Waals surface area contributed by atoms with E-state index in [1.54, 1.807) is 0 Å². The molecule has 0 aromatic heterocycles. The van der Waals surface area contributed by atoms with Crippen LogP contribution in [-0.4, -0.2) is 60.5 Å². The fourth-order valence-corrected chi connectivity index (χ4v) is 1.59. The third-order valence-corrected chi connectivity index (χ3v) is 2.73. The van der Waals surface area contributed by atoms with Gasteiger partial charge in [-0.25, -0.2) is 0 Å². The third-order valence-electron chi connectivity index (χ3n) is 2.73. The van der Waals surface area contributed by atoms with Gasteiger partial charge in [0.2, 0.25) is 0 Å². The van der Waals surface area contributed by atoms with Crippen molar-refractivity contribution in [2.75, 3.05) is 32.7 Å². The Morgan fingerprint density at radius 3 is 1.88 bits per heavy atom. The molecule has 0 aliphatic carbocycles. The monoisotopic (exact) mass is 260 g/mol. The molecule has 8 heteroatoms. The second-order valence-corrected chi connectivity index (χ2v) is 3.80. The van der Waals surface area contributed by atoms with Crippen LogP contribution in [0.15, 0.2) is 0 Å². The number of piperazine rings is 1. The molecule has 17 heavy (non-hydrogen) atoms. The van der Waals surface area contributed by atoms with Gasteiger partial charge < -0.3 is 9.80 Å². The number of carbonyl (C=O) groups is 1. The Hall–Kier alpha value is -0.920. The lowest BCUT2D eigenvalue weighted by Crippen LogP contribution is -2.57. The van der Waals surface area contributed by atoms with E-state index in [0.717, 1.165) is 0 Å². The second-order valence-electron chi connectivity index (χ2n) is 3.80. The minimum atomic E-state index is -5.83. The van der Waals surface area contributed by atoms with E-state index in [1.165, 1.54) is 0 Å². The molecule has 0 atom stereocenters. The topological polar surface area (TPSA) is 23.6 Å². The van der Waals surface area contributed by atoms with E-state index in [1.807, 2.05) is 11.8 Å². The molecule has 1 aliphatic rings. The Morgan fingerprint density at radius 1 is 1.06 bits per heavy atom. The standard InChI is InChI=1S/C9H13F5N2O/c1-2-15-3-5-16(6-4-15)7(17)8(10,11)9(12,13)14/h2-6H2,1H3. The SMILES string of the molecule is CCN1CCN(C(=O)C(F)(F)C(F)(F)F)CC1. The molecule has 1 fully saturated rings. The van der Waals surface area contributed by atoms with Crippen LogP contribution >= 0.6 is 0 Å². The van der Waals surface area contributed by atoms with Gasteiger partial charge in [0.15, 0.2) is 0 Å². The van der Waals surface area contributed by atoms with Gasteiger partial charge in [0, 0.05) is 26.2 Å². The van der Waals surface area contributed by atoms with Crippen LogP contribution in [0.3, 0.4) is 0 Å². The first-order valence-electron chi connectivity index (χ1n) is 5.16. The number of carbonyl (C=O) groups excluding carboxylic acids is 1. The van der Waals surface area contributed by atoms with E-state index in [0.29, 0.717) is 24.5 Å². The van der Waals surface area contributed by atoms with Crippen molar-refractivity contribution in [2.45, 2.75) is 19.0 Å². The molecule has 1 saturated heterocycles. The number of rotatable bonds is 2. The van der Waals surface area contributed by atoms with Crippen LogP contribution in [0.1, 0.15) is 6.92 Å². The van der Waals surface area contributed by atoms with Crippen LogP contribution in [-0.2, 0) is 4.79 Å². The molecule has 0 spiro atoms. The summed E-state index contributed by atoms with van der Waals surface area (Å²) in [4.78, 5) is 13.5. The average Bonchev–Trinajstić information content (AvgIpc) is 2.26. The van der Waals surface area contributed by atoms with Crippen LogP contribution in [0, 0.1) is 0 Å². The summed E-state index contributed by atoms with van der Waals surface area (Å²) in [6, 6.07) is 0. The number of halogens is 5. The largest absolute Gasteiger partial charge is 0.463 e. The van der Waals surface area contributed by atoms with Gasteiger partial charge in [-0.2, -0.15) is 22.0 Å². The molecular weight excluding hydrogens is 247 g/mol. The van der Waals surface area contributed by atoms with Gasteiger partial charge in [-0.15, -0.1) is 0 Å². The zero-order chi connectivity index (χ0) is 13.3. The molecule has 1 heterocycles. The summed E-state index contributed by atoms with van der Waals surface area (Å²) in [5.41, 5.74) is 0. The molecule has 100 valence electrons. The number of alkyl halides is 5. The summed E-state index contributed by atoms with van der Waals surface area (Å²) in [5, 5.41) is 0. The van der Waals surface area contributed by atoms with E-state index < -0.39 is 18.0 Å². The first-order chi connectivity index (χ1) is 7.70. The maximum Gasteiger partial charge on any atom is 0.463 e. The second kappa shape index (κ2) is 4.75. The molecule has 0 radical (unpaired) electrons. The van der Waals surface area contributed by atoms with Crippen molar-refractivity contribution in [2.24, 2.45) is 0 Å². The fourth-order valence-electron chi connectivity index (χ4n) is 1.59. The van der Waals surface area contributed by atoms with Crippen LogP contribution in [0.4, 0.5) is 22.0 Å². The average molecular weight is 260 g/mol. The van der Waals surface area contributed by atoms with E-state index in [2.05, 4.69) is 0 Å². The molecule has 3 nitrogen and oxygen atoms in total. The van der Waals surface area contributed by atoms with Gasteiger partial charge in [0.05, 0.1) is 0 Å². The van der Waals surface area contributed by atoms with E-state index in [9.17, 15) is 26.7 Å². The lowest BCUT2D eigenvalue weighted by Gasteiger charge is -2.35. The van der Waals surface area contributed by atoms with Crippen molar-refractivity contribution in [1.82, 2.24) is 9.80 Å². The summed E-state index contributed by atoms with van der Waals surface area (Å²) in [6.45, 7) is 2.96. The molecule has 1 rings (SSSR count). The summed E-state index contributed by atoms with van der Waals surface area (Å²) in [5.74, 6) is -7.44. The number of hydrogen-bond donors (Lipinski definition) is 0. The Labute approximate surface area is 95.2 Å². The Bertz CT molecular complexity index is 284. The van der Waals surface area contributed by atoms with Gasteiger partial charge in [-0.1, -0.05) is 6.92 Å². The third kappa shape index (κ3) is 2.85. The molecule has 0 aromatic rings. The Kier molecular flexibility index (Phi) is 3.95. The van der Waals surface area contributed by atoms with Gasteiger partial charge in [-0.3, -0.25) is 4.79 Å². The van der Waals surface area contributed by atoms with Crippen LogP contribution in [0.25, 0.3) is 0 Å². The molecule has 0 aromatic carbocycles. The predicted molar refractivity (Wildman–Crippen MR) is 49.7 cm³/mol. The normalized spacial score (nSPS) is 19.5. The maximum absolute atomic E-state index is 12.8. The van der Waals surface area contributed by atoms with Crippen molar-refractivity contribution in [3.63, 3.8) is 0 Å². The lowest BCUT2D eigenvalue weighted by atomic mass is 10.2. The van der Waals surface area contributed by atoms with Crippen LogP contribution in [0.5, 0.6) is 0 Å².